The number of carbonyl (C=O) groups excluding carboxylic acids is 3. The van der Waals surface area contributed by atoms with E-state index in [0.717, 1.165) is 16.0 Å². The summed E-state index contributed by atoms with van der Waals surface area (Å²) in [5.41, 5.74) is 2.88. The van der Waals surface area contributed by atoms with Gasteiger partial charge in [-0.2, -0.15) is 0 Å². The van der Waals surface area contributed by atoms with Crippen LogP contribution in [0.5, 0.6) is 17.2 Å². The molecular weight excluding hydrogens is 600 g/mol. The van der Waals surface area contributed by atoms with Gasteiger partial charge in [-0.25, -0.2) is 9.78 Å². The lowest BCUT2D eigenvalue weighted by Gasteiger charge is -2.19. The molecule has 2 amide bonds. The van der Waals surface area contributed by atoms with Gasteiger partial charge in [0, 0.05) is 17.4 Å². The van der Waals surface area contributed by atoms with Crippen LogP contribution in [-0.2, 0) is 27.2 Å². The van der Waals surface area contributed by atoms with Crippen LogP contribution < -0.4 is 35.6 Å². The van der Waals surface area contributed by atoms with Gasteiger partial charge >= 0.3 is 5.97 Å². The van der Waals surface area contributed by atoms with Crippen LogP contribution in [0.25, 0.3) is 11.1 Å². The standard InChI is InChI=1S/C32H38N4O8S/c1-16(2)12-25-28(31(40)44-7)36-32(45-25)35-26(39)15-33-22-11-9-19-20(14-23(22)38)21(34-17(3)37)10-8-18-13-24(41-4)29(42-5)30(43-6)27(18)19/h9,11,13-14,16,21H,8,10,12,15H2,1-7H3,(H,33,38)(H,34,37)(H,35,36,39)/t21-/m1/s1. The summed E-state index contributed by atoms with van der Waals surface area (Å²) in [7, 11) is 5.88. The number of benzene rings is 1. The molecular formula is C32H38N4O8S. The van der Waals surface area contributed by atoms with Gasteiger partial charge in [-0.05, 0) is 60.1 Å². The number of anilines is 2. The van der Waals surface area contributed by atoms with Crippen molar-refractivity contribution in [2.24, 2.45) is 5.92 Å². The lowest BCUT2D eigenvalue weighted by atomic mass is 9.95. The van der Waals surface area contributed by atoms with E-state index in [-0.39, 0.29) is 40.3 Å². The number of methoxy groups -OCH3 is 4. The Morgan fingerprint density at radius 2 is 1.78 bits per heavy atom. The Balaban J connectivity index is 1.69. The summed E-state index contributed by atoms with van der Waals surface area (Å²) < 4.78 is 21.9. The first-order valence-corrected chi connectivity index (χ1v) is 15.2. The van der Waals surface area contributed by atoms with Crippen molar-refractivity contribution in [1.82, 2.24) is 10.3 Å². The average Bonchev–Trinajstić information content (AvgIpc) is 3.23. The fourth-order valence-electron chi connectivity index (χ4n) is 5.36. The highest BCUT2D eigenvalue weighted by molar-refractivity contribution is 7.16. The van der Waals surface area contributed by atoms with Crippen molar-refractivity contribution in [2.45, 2.75) is 46.1 Å². The maximum Gasteiger partial charge on any atom is 0.357 e. The van der Waals surface area contributed by atoms with E-state index in [1.165, 1.54) is 45.7 Å². The van der Waals surface area contributed by atoms with Crippen LogP contribution in [-0.4, -0.2) is 57.8 Å². The summed E-state index contributed by atoms with van der Waals surface area (Å²) in [6, 6.07) is 6.26. The largest absolute Gasteiger partial charge is 0.493 e. The summed E-state index contributed by atoms with van der Waals surface area (Å²) in [6.07, 6.45) is 1.70. The van der Waals surface area contributed by atoms with Gasteiger partial charge in [-0.1, -0.05) is 19.9 Å². The van der Waals surface area contributed by atoms with E-state index in [4.69, 9.17) is 18.9 Å². The lowest BCUT2D eigenvalue weighted by Crippen LogP contribution is -2.27. The van der Waals surface area contributed by atoms with Crippen molar-refractivity contribution in [1.29, 1.82) is 0 Å². The van der Waals surface area contributed by atoms with Crippen LogP contribution in [0, 0.1) is 5.92 Å². The Labute approximate surface area is 265 Å². The van der Waals surface area contributed by atoms with Crippen molar-refractivity contribution in [3.05, 3.63) is 56.2 Å². The normalized spacial score (nSPS) is 13.6. The van der Waals surface area contributed by atoms with E-state index in [0.29, 0.717) is 47.6 Å². The molecule has 0 saturated carbocycles. The van der Waals surface area contributed by atoms with Crippen molar-refractivity contribution in [3.63, 3.8) is 0 Å². The molecule has 0 radical (unpaired) electrons. The monoisotopic (exact) mass is 638 g/mol. The van der Waals surface area contributed by atoms with Gasteiger partial charge < -0.3 is 34.9 Å². The summed E-state index contributed by atoms with van der Waals surface area (Å²) >= 11 is 1.21. The van der Waals surface area contributed by atoms with Gasteiger partial charge in [-0.15, -0.1) is 11.3 Å². The molecule has 0 aliphatic heterocycles. The second-order valence-electron chi connectivity index (χ2n) is 10.9. The molecule has 1 atom stereocenters. The molecule has 45 heavy (non-hydrogen) atoms. The third-order valence-electron chi connectivity index (χ3n) is 7.27. The molecule has 2 aromatic carbocycles. The van der Waals surface area contributed by atoms with E-state index in [2.05, 4.69) is 20.9 Å². The fraction of sp³-hybridized carbons (Fsp3) is 0.406. The molecule has 1 aliphatic carbocycles. The summed E-state index contributed by atoms with van der Waals surface area (Å²) in [4.78, 5) is 55.8. The second kappa shape index (κ2) is 14.4. The number of rotatable bonds is 11. The number of esters is 1. The zero-order valence-electron chi connectivity index (χ0n) is 26.4. The summed E-state index contributed by atoms with van der Waals surface area (Å²) in [6.45, 7) is 5.22. The minimum absolute atomic E-state index is 0.177. The molecule has 1 aromatic heterocycles. The Bertz CT molecular complexity index is 1670. The molecule has 12 nitrogen and oxygen atoms in total. The second-order valence-corrected chi connectivity index (χ2v) is 12.0. The number of amides is 2. The summed E-state index contributed by atoms with van der Waals surface area (Å²) in [5.74, 6) is 0.354. The Morgan fingerprint density at radius 1 is 1.04 bits per heavy atom. The molecule has 0 bridgehead atoms. The predicted molar refractivity (Wildman–Crippen MR) is 172 cm³/mol. The molecule has 0 unspecified atom stereocenters. The molecule has 3 aromatic rings. The molecule has 0 fully saturated rings. The van der Waals surface area contributed by atoms with E-state index in [9.17, 15) is 19.2 Å². The molecule has 1 aliphatic rings. The van der Waals surface area contributed by atoms with Crippen LogP contribution in [0.15, 0.2) is 29.1 Å². The number of carbonyl (C=O) groups is 3. The molecule has 1 heterocycles. The Morgan fingerprint density at radius 3 is 2.40 bits per heavy atom. The predicted octanol–water partition coefficient (Wildman–Crippen LogP) is 4.36. The van der Waals surface area contributed by atoms with Crippen molar-refractivity contribution < 1.29 is 33.3 Å². The molecule has 240 valence electrons. The fourth-order valence-corrected chi connectivity index (χ4v) is 6.54. The quantitative estimate of drug-likeness (QED) is 0.258. The maximum absolute atomic E-state index is 13.5. The number of nitrogens with zero attached hydrogens (tertiary/aromatic N) is 1. The highest BCUT2D eigenvalue weighted by Gasteiger charge is 2.29. The number of ether oxygens (including phenoxy) is 4. The van der Waals surface area contributed by atoms with E-state index < -0.39 is 17.9 Å². The van der Waals surface area contributed by atoms with Crippen LogP contribution in [0.4, 0.5) is 10.8 Å². The average molecular weight is 639 g/mol. The summed E-state index contributed by atoms with van der Waals surface area (Å²) in [5, 5.41) is 8.86. The lowest BCUT2D eigenvalue weighted by molar-refractivity contribution is -0.119. The number of aromatic nitrogens is 1. The van der Waals surface area contributed by atoms with E-state index >= 15 is 0 Å². The van der Waals surface area contributed by atoms with Crippen molar-refractivity contribution in [2.75, 3.05) is 45.6 Å². The van der Waals surface area contributed by atoms with Gasteiger partial charge in [0.05, 0.1) is 46.7 Å². The zero-order valence-corrected chi connectivity index (χ0v) is 27.2. The van der Waals surface area contributed by atoms with Gasteiger partial charge in [0.25, 0.3) is 0 Å². The minimum atomic E-state index is -0.570. The van der Waals surface area contributed by atoms with Crippen molar-refractivity contribution >= 4 is 39.9 Å². The zero-order chi connectivity index (χ0) is 32.8. The number of aryl methyl sites for hydroxylation is 1. The molecule has 13 heteroatoms. The SMILES string of the molecule is COC(=O)c1nc(NC(=O)CNc2ccc3c(cc2=O)[C@H](NC(C)=O)CCc2cc(OC)c(OC)c(OC)c2-3)sc1CC(C)C. The third-order valence-corrected chi connectivity index (χ3v) is 8.26. The van der Waals surface area contributed by atoms with Crippen LogP contribution in [0.1, 0.15) is 59.7 Å². The van der Waals surface area contributed by atoms with E-state index in [1.54, 1.807) is 19.2 Å². The third kappa shape index (κ3) is 7.36. The van der Waals surface area contributed by atoms with Gasteiger partial charge in [0.2, 0.25) is 23.0 Å². The Hall–Kier alpha value is -4.65. The number of hydrogen-bond donors (Lipinski definition) is 3. The first-order chi connectivity index (χ1) is 21.5. The van der Waals surface area contributed by atoms with Gasteiger partial charge in [0.1, 0.15) is 0 Å². The van der Waals surface area contributed by atoms with Gasteiger partial charge in [-0.3, -0.25) is 14.4 Å². The van der Waals surface area contributed by atoms with Crippen LogP contribution in [0.3, 0.4) is 0 Å². The van der Waals surface area contributed by atoms with Crippen molar-refractivity contribution in [3.8, 4) is 28.4 Å². The molecule has 0 saturated heterocycles. The van der Waals surface area contributed by atoms with Crippen LogP contribution in [0.2, 0.25) is 0 Å². The highest BCUT2D eigenvalue weighted by atomic mass is 32.1. The molecule has 3 N–H and O–H groups in total. The number of nitrogens with one attached hydrogen (secondary N) is 3. The first kappa shape index (κ1) is 33.2. The molecule has 0 spiro atoms. The smallest absolute Gasteiger partial charge is 0.357 e. The highest BCUT2D eigenvalue weighted by Crippen LogP contribution is 2.50. The Kier molecular flexibility index (Phi) is 10.7. The van der Waals surface area contributed by atoms with E-state index in [1.807, 2.05) is 19.9 Å². The molecule has 4 rings (SSSR count). The number of hydrogen-bond acceptors (Lipinski definition) is 11. The topological polar surface area (TPSA) is 154 Å². The number of thiazole rings is 1. The van der Waals surface area contributed by atoms with Gasteiger partial charge in [0.15, 0.2) is 22.3 Å². The minimum Gasteiger partial charge on any atom is -0.493 e. The number of fused-ring (bicyclic) bond motifs is 3. The first-order valence-electron chi connectivity index (χ1n) is 14.4. The maximum atomic E-state index is 13.5. The van der Waals surface area contributed by atoms with Crippen LogP contribution >= 0.6 is 11.3 Å².